The van der Waals surface area contributed by atoms with Crippen LogP contribution in [0.25, 0.3) is 0 Å². The van der Waals surface area contributed by atoms with Crippen molar-refractivity contribution in [2.75, 3.05) is 5.32 Å². The largest absolute Gasteiger partial charge is 0.478 e. The van der Waals surface area contributed by atoms with E-state index in [4.69, 9.17) is 28.3 Å². The summed E-state index contributed by atoms with van der Waals surface area (Å²) in [7, 11) is 0. The number of rotatable bonds is 3. The van der Waals surface area contributed by atoms with E-state index in [0.717, 1.165) is 11.5 Å². The summed E-state index contributed by atoms with van der Waals surface area (Å²) < 4.78 is 3.89. The number of halogens is 2. The number of aryl methyl sites for hydroxylation is 1. The highest BCUT2D eigenvalue weighted by atomic mass is 35.5. The van der Waals surface area contributed by atoms with E-state index in [9.17, 15) is 9.59 Å². The molecule has 0 spiro atoms. The molecule has 1 amide bonds. The SMILES string of the molecule is Cc1nsc(NC(=O)c2cc(Cl)c(Cl)[nH]2)c1C(=O)O. The van der Waals surface area contributed by atoms with Gasteiger partial charge in [0, 0.05) is 0 Å². The summed E-state index contributed by atoms with van der Waals surface area (Å²) >= 11 is 12.3. The van der Waals surface area contributed by atoms with Crippen molar-refractivity contribution in [1.82, 2.24) is 9.36 Å². The molecular formula is C10H7Cl2N3O3S. The van der Waals surface area contributed by atoms with Crippen LogP contribution in [-0.2, 0) is 0 Å². The maximum Gasteiger partial charge on any atom is 0.340 e. The van der Waals surface area contributed by atoms with Crippen molar-refractivity contribution in [2.45, 2.75) is 6.92 Å². The Labute approximate surface area is 121 Å². The van der Waals surface area contributed by atoms with E-state index < -0.39 is 11.9 Å². The molecule has 2 heterocycles. The number of nitrogens with zero attached hydrogens (tertiary/aromatic N) is 1. The van der Waals surface area contributed by atoms with E-state index in [-0.39, 0.29) is 26.4 Å². The van der Waals surface area contributed by atoms with Gasteiger partial charge in [0.2, 0.25) is 0 Å². The Morgan fingerprint density at radius 1 is 1.47 bits per heavy atom. The van der Waals surface area contributed by atoms with Gasteiger partial charge in [-0.1, -0.05) is 23.2 Å². The number of amides is 1. The van der Waals surface area contributed by atoms with E-state index >= 15 is 0 Å². The number of aromatic amines is 1. The Morgan fingerprint density at radius 2 is 2.16 bits per heavy atom. The van der Waals surface area contributed by atoms with Crippen molar-refractivity contribution in [3.8, 4) is 0 Å². The fourth-order valence-corrected chi connectivity index (χ4v) is 2.50. The van der Waals surface area contributed by atoms with Crippen LogP contribution in [0.4, 0.5) is 5.00 Å². The summed E-state index contributed by atoms with van der Waals surface area (Å²) in [6.07, 6.45) is 0. The minimum absolute atomic E-state index is 0.0258. The number of carbonyl (C=O) groups excluding carboxylic acids is 1. The van der Waals surface area contributed by atoms with Gasteiger partial charge in [0.1, 0.15) is 21.4 Å². The average molecular weight is 320 g/mol. The average Bonchev–Trinajstić information content (AvgIpc) is 2.84. The van der Waals surface area contributed by atoms with E-state index in [2.05, 4.69) is 14.7 Å². The molecule has 0 aromatic carbocycles. The van der Waals surface area contributed by atoms with Crippen LogP contribution in [0.5, 0.6) is 0 Å². The lowest BCUT2D eigenvalue weighted by molar-refractivity contribution is 0.0697. The molecule has 2 rings (SSSR count). The van der Waals surface area contributed by atoms with Crippen LogP contribution in [0.2, 0.25) is 10.2 Å². The van der Waals surface area contributed by atoms with Crippen LogP contribution in [-0.4, -0.2) is 26.3 Å². The minimum Gasteiger partial charge on any atom is -0.478 e. The number of aromatic nitrogens is 2. The van der Waals surface area contributed by atoms with E-state index in [0.29, 0.717) is 5.69 Å². The zero-order valence-corrected chi connectivity index (χ0v) is 11.8. The van der Waals surface area contributed by atoms with Gasteiger partial charge in [0.15, 0.2) is 0 Å². The molecule has 3 N–H and O–H groups in total. The van der Waals surface area contributed by atoms with Crippen LogP contribution in [0.3, 0.4) is 0 Å². The summed E-state index contributed by atoms with van der Waals surface area (Å²) in [6, 6.07) is 1.35. The fraction of sp³-hybridized carbons (Fsp3) is 0.100. The zero-order chi connectivity index (χ0) is 14.2. The van der Waals surface area contributed by atoms with Gasteiger partial charge in [-0.3, -0.25) is 4.79 Å². The normalized spacial score (nSPS) is 10.5. The Kier molecular flexibility index (Phi) is 3.79. The number of anilines is 1. The maximum absolute atomic E-state index is 11.9. The first-order chi connectivity index (χ1) is 8.90. The van der Waals surface area contributed by atoms with Gasteiger partial charge < -0.3 is 15.4 Å². The number of hydrogen-bond donors (Lipinski definition) is 3. The van der Waals surface area contributed by atoms with Crippen LogP contribution < -0.4 is 5.32 Å². The lowest BCUT2D eigenvalue weighted by Gasteiger charge is -2.01. The van der Waals surface area contributed by atoms with E-state index in [1.807, 2.05) is 0 Å². The molecule has 0 saturated heterocycles. The van der Waals surface area contributed by atoms with E-state index in [1.165, 1.54) is 6.07 Å². The van der Waals surface area contributed by atoms with Gasteiger partial charge in [-0.25, -0.2) is 4.79 Å². The monoisotopic (exact) mass is 319 g/mol. The predicted molar refractivity (Wildman–Crippen MR) is 72.6 cm³/mol. The maximum atomic E-state index is 11.9. The van der Waals surface area contributed by atoms with Crippen molar-refractivity contribution >= 4 is 51.6 Å². The van der Waals surface area contributed by atoms with Crippen LogP contribution in [0.1, 0.15) is 26.5 Å². The summed E-state index contributed by atoms with van der Waals surface area (Å²) in [5.41, 5.74) is 0.454. The Bertz CT molecular complexity index is 646. The number of aromatic carboxylic acids is 1. The molecule has 2 aromatic heterocycles. The first-order valence-electron chi connectivity index (χ1n) is 4.95. The molecule has 0 radical (unpaired) electrons. The Balaban J connectivity index is 2.27. The zero-order valence-electron chi connectivity index (χ0n) is 9.45. The molecule has 0 fully saturated rings. The summed E-state index contributed by atoms with van der Waals surface area (Å²) in [6.45, 7) is 1.55. The second-order valence-corrected chi connectivity index (χ2v) is 5.13. The number of H-pyrrole nitrogens is 1. The highest BCUT2D eigenvalue weighted by molar-refractivity contribution is 7.11. The lowest BCUT2D eigenvalue weighted by atomic mass is 10.2. The molecule has 2 aromatic rings. The molecular weight excluding hydrogens is 313 g/mol. The van der Waals surface area contributed by atoms with Gasteiger partial charge >= 0.3 is 5.97 Å². The molecule has 0 saturated carbocycles. The van der Waals surface area contributed by atoms with Gasteiger partial charge in [0.05, 0.1) is 10.7 Å². The fourth-order valence-electron chi connectivity index (χ4n) is 1.40. The quantitative estimate of drug-likeness (QED) is 0.810. The second kappa shape index (κ2) is 5.20. The van der Waals surface area contributed by atoms with Crippen molar-refractivity contribution < 1.29 is 14.7 Å². The van der Waals surface area contributed by atoms with Crippen molar-refractivity contribution in [1.29, 1.82) is 0 Å². The van der Waals surface area contributed by atoms with Gasteiger partial charge in [-0.2, -0.15) is 4.37 Å². The van der Waals surface area contributed by atoms with E-state index in [1.54, 1.807) is 6.92 Å². The number of carboxylic acid groups (broad SMARTS) is 1. The Hall–Kier alpha value is -1.57. The summed E-state index contributed by atoms with van der Waals surface area (Å²) in [4.78, 5) is 25.5. The van der Waals surface area contributed by atoms with Gasteiger partial charge in [0.25, 0.3) is 5.91 Å². The third-order valence-electron chi connectivity index (χ3n) is 2.27. The predicted octanol–water partition coefficient (Wildman–Crippen LogP) is 3.04. The van der Waals surface area contributed by atoms with Crippen LogP contribution in [0, 0.1) is 6.92 Å². The number of carboxylic acids is 1. The molecule has 0 atom stereocenters. The number of carbonyl (C=O) groups is 2. The smallest absolute Gasteiger partial charge is 0.340 e. The molecule has 0 aliphatic carbocycles. The van der Waals surface area contributed by atoms with Crippen molar-refractivity contribution in [3.63, 3.8) is 0 Å². The van der Waals surface area contributed by atoms with Crippen molar-refractivity contribution in [2.24, 2.45) is 0 Å². The van der Waals surface area contributed by atoms with Gasteiger partial charge in [-0.15, -0.1) is 0 Å². The number of hydrogen-bond acceptors (Lipinski definition) is 4. The number of nitrogens with one attached hydrogen (secondary N) is 2. The van der Waals surface area contributed by atoms with Crippen molar-refractivity contribution in [3.05, 3.63) is 33.2 Å². The third kappa shape index (κ3) is 2.73. The lowest BCUT2D eigenvalue weighted by Crippen LogP contribution is -2.13. The third-order valence-corrected chi connectivity index (χ3v) is 3.82. The molecule has 0 unspecified atom stereocenters. The molecule has 19 heavy (non-hydrogen) atoms. The van der Waals surface area contributed by atoms with Crippen LogP contribution in [0.15, 0.2) is 6.07 Å². The van der Waals surface area contributed by atoms with Crippen LogP contribution >= 0.6 is 34.7 Å². The minimum atomic E-state index is -1.15. The molecule has 0 aliphatic rings. The first-order valence-corrected chi connectivity index (χ1v) is 6.48. The summed E-state index contributed by atoms with van der Waals surface area (Å²) in [5, 5.41) is 12.0. The summed E-state index contributed by atoms with van der Waals surface area (Å²) in [5.74, 6) is -1.69. The standard InChI is InChI=1S/C10H7Cl2N3O3S/c1-3-6(10(17)18)9(19-15-3)14-8(16)5-2-4(11)7(12)13-5/h2,13H,1H3,(H,14,16)(H,17,18). The second-order valence-electron chi connectivity index (χ2n) is 3.58. The highest BCUT2D eigenvalue weighted by Crippen LogP contribution is 2.26. The molecule has 6 nitrogen and oxygen atoms in total. The highest BCUT2D eigenvalue weighted by Gasteiger charge is 2.20. The molecule has 100 valence electrons. The van der Waals surface area contributed by atoms with Gasteiger partial charge in [-0.05, 0) is 24.5 Å². The molecule has 9 heteroatoms. The molecule has 0 aliphatic heterocycles. The first kappa shape index (κ1) is 13.9. The molecule has 0 bridgehead atoms. The topological polar surface area (TPSA) is 95.1 Å². The Morgan fingerprint density at radius 3 is 2.68 bits per heavy atom.